The van der Waals surface area contributed by atoms with E-state index in [1.165, 1.54) is 0 Å². The zero-order valence-electron chi connectivity index (χ0n) is 9.07. The highest BCUT2D eigenvalue weighted by Gasteiger charge is 2.20. The molecule has 1 aromatic carbocycles. The monoisotopic (exact) mass is 201 g/mol. The highest BCUT2D eigenvalue weighted by molar-refractivity contribution is 5.73. The minimum absolute atomic E-state index is 0.114. The van der Waals surface area contributed by atoms with Gasteiger partial charge in [-0.1, -0.05) is 26.0 Å². The van der Waals surface area contributed by atoms with Crippen LogP contribution in [0.25, 0.3) is 11.0 Å². The lowest BCUT2D eigenvalue weighted by Gasteiger charge is -2.21. The number of rotatable bonds is 2. The molecule has 0 radical (unpaired) electrons. The van der Waals surface area contributed by atoms with Gasteiger partial charge in [0.2, 0.25) is 0 Å². The molecule has 0 aliphatic carbocycles. The average Bonchev–Trinajstić information content (AvgIpc) is 2.28. The van der Waals surface area contributed by atoms with Crippen LogP contribution < -0.4 is 5.73 Å². The van der Waals surface area contributed by atoms with E-state index in [0.717, 1.165) is 16.7 Å². The van der Waals surface area contributed by atoms with Crippen molar-refractivity contribution in [1.29, 1.82) is 0 Å². The van der Waals surface area contributed by atoms with E-state index in [9.17, 15) is 0 Å². The molecule has 0 aliphatic rings. The Hall–Kier alpha value is -1.48. The SMILES string of the molecule is CC(C)(CN)c1cnc2ccccc2n1. The minimum Gasteiger partial charge on any atom is -0.330 e. The summed E-state index contributed by atoms with van der Waals surface area (Å²) in [6.07, 6.45) is 1.81. The predicted octanol–water partition coefficient (Wildman–Crippen LogP) is 1.87. The highest BCUT2D eigenvalue weighted by Crippen LogP contribution is 2.20. The Morgan fingerprint density at radius 2 is 1.87 bits per heavy atom. The van der Waals surface area contributed by atoms with Crippen LogP contribution in [0.5, 0.6) is 0 Å². The van der Waals surface area contributed by atoms with E-state index >= 15 is 0 Å². The van der Waals surface area contributed by atoms with Gasteiger partial charge < -0.3 is 5.73 Å². The second-order valence-electron chi connectivity index (χ2n) is 4.33. The average molecular weight is 201 g/mol. The Bertz CT molecular complexity index is 477. The molecular weight excluding hydrogens is 186 g/mol. The molecule has 0 bridgehead atoms. The van der Waals surface area contributed by atoms with Crippen molar-refractivity contribution in [1.82, 2.24) is 9.97 Å². The van der Waals surface area contributed by atoms with Crippen molar-refractivity contribution < 1.29 is 0 Å². The van der Waals surface area contributed by atoms with E-state index in [-0.39, 0.29) is 5.41 Å². The zero-order chi connectivity index (χ0) is 10.9. The maximum absolute atomic E-state index is 5.71. The Kier molecular flexibility index (Phi) is 2.40. The van der Waals surface area contributed by atoms with Crippen LogP contribution in [0.1, 0.15) is 19.5 Å². The van der Waals surface area contributed by atoms with Crippen LogP contribution in [0.2, 0.25) is 0 Å². The molecule has 0 saturated heterocycles. The Balaban J connectivity index is 2.56. The number of fused-ring (bicyclic) bond motifs is 1. The van der Waals surface area contributed by atoms with E-state index in [4.69, 9.17) is 5.73 Å². The van der Waals surface area contributed by atoms with Gasteiger partial charge in [-0.15, -0.1) is 0 Å². The number of nitrogens with two attached hydrogens (primary N) is 1. The molecule has 0 aliphatic heterocycles. The topological polar surface area (TPSA) is 51.8 Å². The minimum atomic E-state index is -0.114. The molecule has 2 aromatic rings. The number of aromatic nitrogens is 2. The maximum atomic E-state index is 5.71. The molecule has 78 valence electrons. The van der Waals surface area contributed by atoms with E-state index in [1.54, 1.807) is 0 Å². The molecule has 0 unspecified atom stereocenters. The summed E-state index contributed by atoms with van der Waals surface area (Å²) < 4.78 is 0. The zero-order valence-corrected chi connectivity index (χ0v) is 9.07. The van der Waals surface area contributed by atoms with Crippen molar-refractivity contribution >= 4 is 11.0 Å². The van der Waals surface area contributed by atoms with Crippen LogP contribution >= 0.6 is 0 Å². The number of para-hydroxylation sites is 2. The van der Waals surface area contributed by atoms with E-state index < -0.39 is 0 Å². The van der Waals surface area contributed by atoms with Gasteiger partial charge in [0.1, 0.15) is 0 Å². The second-order valence-corrected chi connectivity index (χ2v) is 4.33. The van der Waals surface area contributed by atoms with Crippen molar-refractivity contribution in [3.05, 3.63) is 36.2 Å². The summed E-state index contributed by atoms with van der Waals surface area (Å²) in [6.45, 7) is 4.72. The smallest absolute Gasteiger partial charge is 0.0890 e. The van der Waals surface area contributed by atoms with Gasteiger partial charge in [-0.3, -0.25) is 4.98 Å². The molecule has 0 amide bonds. The number of nitrogens with zero attached hydrogens (tertiary/aromatic N) is 2. The number of hydrogen-bond donors (Lipinski definition) is 1. The summed E-state index contributed by atoms with van der Waals surface area (Å²) in [5.41, 5.74) is 8.40. The van der Waals surface area contributed by atoms with Crippen molar-refractivity contribution in [3.63, 3.8) is 0 Å². The molecule has 0 atom stereocenters. The summed E-state index contributed by atoms with van der Waals surface area (Å²) in [7, 11) is 0. The maximum Gasteiger partial charge on any atom is 0.0890 e. The molecule has 15 heavy (non-hydrogen) atoms. The molecule has 1 aromatic heterocycles. The molecule has 0 fully saturated rings. The van der Waals surface area contributed by atoms with Crippen LogP contribution in [-0.4, -0.2) is 16.5 Å². The van der Waals surface area contributed by atoms with E-state index in [2.05, 4.69) is 23.8 Å². The van der Waals surface area contributed by atoms with Crippen molar-refractivity contribution in [2.75, 3.05) is 6.54 Å². The van der Waals surface area contributed by atoms with Gasteiger partial charge in [0, 0.05) is 18.2 Å². The Morgan fingerprint density at radius 1 is 1.20 bits per heavy atom. The Morgan fingerprint density at radius 3 is 2.53 bits per heavy atom. The fraction of sp³-hybridized carbons (Fsp3) is 0.333. The molecule has 3 nitrogen and oxygen atoms in total. The van der Waals surface area contributed by atoms with Crippen LogP contribution in [0.4, 0.5) is 0 Å². The van der Waals surface area contributed by atoms with Crippen molar-refractivity contribution in [2.24, 2.45) is 5.73 Å². The summed E-state index contributed by atoms with van der Waals surface area (Å²) in [5, 5.41) is 0. The molecule has 2 N–H and O–H groups in total. The van der Waals surface area contributed by atoms with Gasteiger partial charge >= 0.3 is 0 Å². The van der Waals surface area contributed by atoms with Crippen LogP contribution in [0, 0.1) is 0 Å². The first-order valence-corrected chi connectivity index (χ1v) is 5.06. The van der Waals surface area contributed by atoms with E-state index in [0.29, 0.717) is 6.54 Å². The molecular formula is C12H15N3. The van der Waals surface area contributed by atoms with Gasteiger partial charge in [-0.25, -0.2) is 4.98 Å². The lowest BCUT2D eigenvalue weighted by Crippen LogP contribution is -2.29. The molecule has 0 saturated carbocycles. The summed E-state index contributed by atoms with van der Waals surface area (Å²) in [4.78, 5) is 8.95. The third-order valence-corrected chi connectivity index (χ3v) is 2.65. The summed E-state index contributed by atoms with van der Waals surface area (Å²) in [6, 6.07) is 7.86. The van der Waals surface area contributed by atoms with Crippen LogP contribution in [-0.2, 0) is 5.41 Å². The Labute approximate surface area is 89.4 Å². The predicted molar refractivity (Wildman–Crippen MR) is 61.6 cm³/mol. The number of hydrogen-bond acceptors (Lipinski definition) is 3. The molecule has 2 rings (SSSR count). The van der Waals surface area contributed by atoms with Crippen molar-refractivity contribution in [3.8, 4) is 0 Å². The lowest BCUT2D eigenvalue weighted by atomic mass is 9.90. The first-order chi connectivity index (χ1) is 7.13. The van der Waals surface area contributed by atoms with Gasteiger partial charge in [0.25, 0.3) is 0 Å². The van der Waals surface area contributed by atoms with Crippen molar-refractivity contribution in [2.45, 2.75) is 19.3 Å². The first kappa shape index (κ1) is 10.1. The second kappa shape index (κ2) is 3.59. The molecule has 0 spiro atoms. The third kappa shape index (κ3) is 1.83. The van der Waals surface area contributed by atoms with Gasteiger partial charge in [-0.2, -0.15) is 0 Å². The largest absolute Gasteiger partial charge is 0.330 e. The van der Waals surface area contributed by atoms with Gasteiger partial charge in [-0.05, 0) is 12.1 Å². The standard InChI is InChI=1S/C12H15N3/c1-12(2,8-13)11-7-14-9-5-3-4-6-10(9)15-11/h3-7H,8,13H2,1-2H3. The van der Waals surface area contributed by atoms with Gasteiger partial charge in [0.05, 0.1) is 16.7 Å². The van der Waals surface area contributed by atoms with Gasteiger partial charge in [0.15, 0.2) is 0 Å². The summed E-state index contributed by atoms with van der Waals surface area (Å²) in [5.74, 6) is 0. The highest BCUT2D eigenvalue weighted by atomic mass is 14.8. The van der Waals surface area contributed by atoms with Crippen LogP contribution in [0.3, 0.4) is 0 Å². The fourth-order valence-electron chi connectivity index (χ4n) is 1.39. The normalized spacial score (nSPS) is 11.9. The third-order valence-electron chi connectivity index (χ3n) is 2.65. The van der Waals surface area contributed by atoms with E-state index in [1.807, 2.05) is 30.5 Å². The van der Waals surface area contributed by atoms with Crippen LogP contribution in [0.15, 0.2) is 30.5 Å². The quantitative estimate of drug-likeness (QED) is 0.807. The summed E-state index contributed by atoms with van der Waals surface area (Å²) >= 11 is 0. The lowest BCUT2D eigenvalue weighted by molar-refractivity contribution is 0.521. The first-order valence-electron chi connectivity index (χ1n) is 5.06. The number of benzene rings is 1. The fourth-order valence-corrected chi connectivity index (χ4v) is 1.39. The molecule has 1 heterocycles. The molecule has 3 heteroatoms.